The van der Waals surface area contributed by atoms with E-state index in [0.717, 1.165) is 5.82 Å². The van der Waals surface area contributed by atoms with Crippen molar-refractivity contribution in [3.05, 3.63) is 11.2 Å². The summed E-state index contributed by atoms with van der Waals surface area (Å²) < 4.78 is 0. The molecule has 16 heavy (non-hydrogen) atoms. The molecule has 0 saturated heterocycles. The van der Waals surface area contributed by atoms with Crippen LogP contribution < -0.4 is 4.90 Å². The normalized spacial score (nSPS) is 11.9. The van der Waals surface area contributed by atoms with Gasteiger partial charge in [-0.2, -0.15) is 5.26 Å². The minimum absolute atomic E-state index is 0.102. The third kappa shape index (κ3) is 3.26. The SMILES string of the molecule is CSc1nc(Cl)cc(N(C)C(C)CC#N)n1. The zero-order valence-electron chi connectivity index (χ0n) is 9.44. The zero-order chi connectivity index (χ0) is 12.1. The summed E-state index contributed by atoms with van der Waals surface area (Å²) in [5.41, 5.74) is 0. The predicted octanol–water partition coefficient (Wildman–Crippen LogP) is 2.59. The lowest BCUT2D eigenvalue weighted by molar-refractivity contribution is 0.687. The highest BCUT2D eigenvalue weighted by Crippen LogP contribution is 2.21. The van der Waals surface area contributed by atoms with Crippen LogP contribution in [0.2, 0.25) is 5.15 Å². The molecule has 0 aromatic carbocycles. The van der Waals surface area contributed by atoms with Gasteiger partial charge >= 0.3 is 0 Å². The molecule has 0 bridgehead atoms. The minimum Gasteiger partial charge on any atom is -0.356 e. The summed E-state index contributed by atoms with van der Waals surface area (Å²) in [6.45, 7) is 1.97. The summed E-state index contributed by atoms with van der Waals surface area (Å²) in [5.74, 6) is 0.743. The quantitative estimate of drug-likeness (QED) is 0.471. The van der Waals surface area contributed by atoms with Crippen LogP contribution in [0.15, 0.2) is 11.2 Å². The van der Waals surface area contributed by atoms with Gasteiger partial charge in [-0.1, -0.05) is 23.4 Å². The van der Waals surface area contributed by atoms with Crippen LogP contribution in [0.5, 0.6) is 0 Å². The molecule has 0 spiro atoms. The highest BCUT2D eigenvalue weighted by molar-refractivity contribution is 7.98. The van der Waals surface area contributed by atoms with Crippen LogP contribution >= 0.6 is 23.4 Å². The van der Waals surface area contributed by atoms with Crippen LogP contribution in [0.3, 0.4) is 0 Å². The van der Waals surface area contributed by atoms with E-state index in [1.54, 1.807) is 6.07 Å². The van der Waals surface area contributed by atoms with Gasteiger partial charge in [0.15, 0.2) is 5.16 Å². The second-order valence-electron chi connectivity index (χ2n) is 3.36. The maximum Gasteiger partial charge on any atom is 0.190 e. The van der Waals surface area contributed by atoms with Crippen molar-refractivity contribution in [1.29, 1.82) is 5.26 Å². The smallest absolute Gasteiger partial charge is 0.190 e. The Bertz CT molecular complexity index is 404. The molecule has 0 saturated carbocycles. The van der Waals surface area contributed by atoms with E-state index in [1.807, 2.05) is 25.1 Å². The standard InChI is InChI=1S/C10H13ClN4S/c1-7(4-5-12)15(2)9-6-8(11)13-10(14-9)16-3/h6-7H,4H2,1-3H3. The predicted molar refractivity (Wildman–Crippen MR) is 66.9 cm³/mol. The fourth-order valence-electron chi connectivity index (χ4n) is 1.15. The second-order valence-corrected chi connectivity index (χ2v) is 4.52. The van der Waals surface area contributed by atoms with Crippen LogP contribution in [0.1, 0.15) is 13.3 Å². The maximum absolute atomic E-state index is 8.65. The van der Waals surface area contributed by atoms with Crippen molar-refractivity contribution in [2.45, 2.75) is 24.5 Å². The van der Waals surface area contributed by atoms with E-state index >= 15 is 0 Å². The number of anilines is 1. The van der Waals surface area contributed by atoms with Gasteiger partial charge in [0.25, 0.3) is 0 Å². The number of aromatic nitrogens is 2. The number of halogens is 1. The Labute approximate surface area is 105 Å². The third-order valence-electron chi connectivity index (χ3n) is 2.25. The Morgan fingerprint density at radius 3 is 2.88 bits per heavy atom. The van der Waals surface area contributed by atoms with Crippen LogP contribution in [0.4, 0.5) is 5.82 Å². The number of hydrogen-bond donors (Lipinski definition) is 0. The van der Waals surface area contributed by atoms with Gasteiger partial charge in [-0.3, -0.25) is 0 Å². The van der Waals surface area contributed by atoms with Gasteiger partial charge in [-0.05, 0) is 13.2 Å². The first-order valence-electron chi connectivity index (χ1n) is 4.76. The highest BCUT2D eigenvalue weighted by Gasteiger charge is 2.12. The van der Waals surface area contributed by atoms with Crippen molar-refractivity contribution in [2.75, 3.05) is 18.2 Å². The Kier molecular flexibility index (Phi) is 4.84. The molecule has 0 aliphatic heterocycles. The zero-order valence-corrected chi connectivity index (χ0v) is 11.0. The van der Waals surface area contributed by atoms with Crippen molar-refractivity contribution in [3.8, 4) is 6.07 Å². The summed E-state index contributed by atoms with van der Waals surface area (Å²) in [4.78, 5) is 10.3. The van der Waals surface area contributed by atoms with Crippen LogP contribution in [0.25, 0.3) is 0 Å². The van der Waals surface area contributed by atoms with E-state index in [-0.39, 0.29) is 6.04 Å². The van der Waals surface area contributed by atoms with Crippen molar-refractivity contribution in [3.63, 3.8) is 0 Å². The molecule has 1 rings (SSSR count). The lowest BCUT2D eigenvalue weighted by Crippen LogP contribution is -2.29. The Hall–Kier alpha value is -0.990. The van der Waals surface area contributed by atoms with Gasteiger partial charge in [0.1, 0.15) is 11.0 Å². The van der Waals surface area contributed by atoms with Crippen molar-refractivity contribution >= 4 is 29.2 Å². The molecule has 1 aromatic rings. The van der Waals surface area contributed by atoms with E-state index < -0.39 is 0 Å². The maximum atomic E-state index is 8.65. The van der Waals surface area contributed by atoms with Crippen LogP contribution in [-0.2, 0) is 0 Å². The number of rotatable bonds is 4. The topological polar surface area (TPSA) is 52.8 Å². The van der Waals surface area contributed by atoms with Crippen molar-refractivity contribution in [2.24, 2.45) is 0 Å². The number of nitrogens with zero attached hydrogens (tertiary/aromatic N) is 4. The third-order valence-corrected chi connectivity index (χ3v) is 2.99. The van der Waals surface area contributed by atoms with Gasteiger partial charge in [-0.15, -0.1) is 0 Å². The van der Waals surface area contributed by atoms with Gasteiger partial charge in [0.05, 0.1) is 12.5 Å². The van der Waals surface area contributed by atoms with Crippen LogP contribution in [-0.4, -0.2) is 29.3 Å². The van der Waals surface area contributed by atoms with E-state index in [2.05, 4.69) is 16.0 Å². The Morgan fingerprint density at radius 1 is 1.62 bits per heavy atom. The largest absolute Gasteiger partial charge is 0.356 e. The van der Waals surface area contributed by atoms with Gasteiger partial charge in [0.2, 0.25) is 0 Å². The molecule has 4 nitrogen and oxygen atoms in total. The fraction of sp³-hybridized carbons (Fsp3) is 0.500. The summed E-state index contributed by atoms with van der Waals surface area (Å²) in [5, 5.41) is 9.71. The lowest BCUT2D eigenvalue weighted by atomic mass is 10.2. The molecule has 1 heterocycles. The number of nitriles is 1. The second kappa shape index (κ2) is 5.92. The minimum atomic E-state index is 0.102. The summed E-state index contributed by atoms with van der Waals surface area (Å²) >= 11 is 7.34. The van der Waals surface area contributed by atoms with Crippen LogP contribution in [0, 0.1) is 11.3 Å². The molecule has 1 unspecified atom stereocenters. The summed E-state index contributed by atoms with van der Waals surface area (Å²) in [6, 6.07) is 3.94. The van der Waals surface area contributed by atoms with E-state index in [4.69, 9.17) is 16.9 Å². The van der Waals surface area contributed by atoms with E-state index in [9.17, 15) is 0 Å². The first-order chi connectivity index (χ1) is 7.58. The monoisotopic (exact) mass is 256 g/mol. The first kappa shape index (κ1) is 13.1. The Balaban J connectivity index is 2.95. The molecule has 0 amide bonds. The average Bonchev–Trinajstić information content (AvgIpc) is 2.27. The van der Waals surface area contributed by atoms with Crippen molar-refractivity contribution in [1.82, 2.24) is 9.97 Å². The summed E-state index contributed by atoms with van der Waals surface area (Å²) in [7, 11) is 1.89. The van der Waals surface area contributed by atoms with Gasteiger partial charge in [-0.25, -0.2) is 9.97 Å². The average molecular weight is 257 g/mol. The van der Waals surface area contributed by atoms with E-state index in [0.29, 0.717) is 16.7 Å². The molecule has 1 aromatic heterocycles. The molecule has 0 fully saturated rings. The number of hydrogen-bond acceptors (Lipinski definition) is 5. The fourth-order valence-corrected chi connectivity index (χ4v) is 1.75. The molecule has 0 radical (unpaired) electrons. The van der Waals surface area contributed by atoms with E-state index in [1.165, 1.54) is 11.8 Å². The molecule has 1 atom stereocenters. The summed E-state index contributed by atoms with van der Waals surface area (Å²) in [6.07, 6.45) is 2.35. The lowest BCUT2D eigenvalue weighted by Gasteiger charge is -2.24. The highest BCUT2D eigenvalue weighted by atomic mass is 35.5. The molecule has 0 aliphatic carbocycles. The molecule has 6 heteroatoms. The van der Waals surface area contributed by atoms with Gasteiger partial charge in [0, 0.05) is 19.2 Å². The molecule has 0 aliphatic rings. The van der Waals surface area contributed by atoms with Crippen molar-refractivity contribution < 1.29 is 0 Å². The first-order valence-corrected chi connectivity index (χ1v) is 6.37. The molecular formula is C10H13ClN4S. The molecule has 86 valence electrons. The number of thioether (sulfide) groups is 1. The van der Waals surface area contributed by atoms with Gasteiger partial charge < -0.3 is 4.90 Å². The molecule has 0 N–H and O–H groups in total. The molecular weight excluding hydrogens is 244 g/mol. The Morgan fingerprint density at radius 2 is 2.31 bits per heavy atom.